The van der Waals surface area contributed by atoms with E-state index in [4.69, 9.17) is 5.11 Å². The van der Waals surface area contributed by atoms with Gasteiger partial charge in [0, 0.05) is 5.56 Å². The SMILES string of the molecule is O=C(O)c1ccc(C(=O)/C=C/C=C/c2ccccc2)cc1. The minimum Gasteiger partial charge on any atom is -0.478 e. The van der Waals surface area contributed by atoms with Crippen LogP contribution in [0.1, 0.15) is 26.3 Å². The number of carboxylic acid groups (broad SMARTS) is 1. The van der Waals surface area contributed by atoms with Gasteiger partial charge in [-0.1, -0.05) is 60.7 Å². The number of hydrogen-bond donors (Lipinski definition) is 1. The lowest BCUT2D eigenvalue weighted by Crippen LogP contribution is -1.98. The molecule has 0 radical (unpaired) electrons. The first-order chi connectivity index (χ1) is 10.2. The van der Waals surface area contributed by atoms with E-state index in [9.17, 15) is 9.59 Å². The van der Waals surface area contributed by atoms with E-state index in [1.165, 1.54) is 30.3 Å². The summed E-state index contributed by atoms with van der Waals surface area (Å²) in [6.07, 6.45) is 6.81. The minimum atomic E-state index is -1.00. The first-order valence-electron chi connectivity index (χ1n) is 6.44. The quantitative estimate of drug-likeness (QED) is 0.513. The van der Waals surface area contributed by atoms with Crippen LogP contribution in [0.2, 0.25) is 0 Å². The van der Waals surface area contributed by atoms with Crippen molar-refractivity contribution in [1.29, 1.82) is 0 Å². The van der Waals surface area contributed by atoms with E-state index in [1.807, 2.05) is 36.4 Å². The predicted octanol–water partition coefficient (Wildman–Crippen LogP) is 3.84. The van der Waals surface area contributed by atoms with E-state index in [0.717, 1.165) is 5.56 Å². The lowest BCUT2D eigenvalue weighted by atomic mass is 10.1. The van der Waals surface area contributed by atoms with Gasteiger partial charge in [0.15, 0.2) is 5.78 Å². The van der Waals surface area contributed by atoms with Gasteiger partial charge in [0.25, 0.3) is 0 Å². The molecule has 0 aromatic heterocycles. The van der Waals surface area contributed by atoms with Crippen LogP contribution in [0.4, 0.5) is 0 Å². The molecule has 3 nitrogen and oxygen atoms in total. The van der Waals surface area contributed by atoms with Gasteiger partial charge in [0.1, 0.15) is 0 Å². The summed E-state index contributed by atoms with van der Waals surface area (Å²) >= 11 is 0. The fourth-order valence-electron chi connectivity index (χ4n) is 1.75. The van der Waals surface area contributed by atoms with Crippen molar-refractivity contribution in [3.63, 3.8) is 0 Å². The molecule has 0 aliphatic heterocycles. The fraction of sp³-hybridized carbons (Fsp3) is 0. The molecule has 0 aliphatic rings. The second-order valence-electron chi connectivity index (χ2n) is 4.38. The van der Waals surface area contributed by atoms with Gasteiger partial charge in [-0.25, -0.2) is 4.79 Å². The molecule has 0 spiro atoms. The molecule has 0 saturated heterocycles. The zero-order valence-corrected chi connectivity index (χ0v) is 11.3. The molecule has 2 aromatic carbocycles. The molecular weight excluding hydrogens is 264 g/mol. The molecule has 0 bridgehead atoms. The number of ketones is 1. The summed E-state index contributed by atoms with van der Waals surface area (Å²) in [4.78, 5) is 22.6. The van der Waals surface area contributed by atoms with Crippen LogP contribution in [0, 0.1) is 0 Å². The summed E-state index contributed by atoms with van der Waals surface area (Å²) in [5.41, 5.74) is 1.68. The standard InChI is InChI=1S/C18H14O3/c19-17(15-10-12-16(13-11-15)18(20)21)9-5-4-8-14-6-2-1-3-7-14/h1-13H,(H,20,21)/b8-4+,9-5+. The van der Waals surface area contributed by atoms with Crippen LogP contribution in [-0.2, 0) is 0 Å². The van der Waals surface area contributed by atoms with Crippen molar-refractivity contribution in [1.82, 2.24) is 0 Å². The highest BCUT2D eigenvalue weighted by molar-refractivity contribution is 6.05. The number of rotatable bonds is 5. The Bertz CT molecular complexity index is 680. The molecule has 104 valence electrons. The number of benzene rings is 2. The Morgan fingerprint density at radius 1 is 0.810 bits per heavy atom. The van der Waals surface area contributed by atoms with Crippen molar-refractivity contribution in [2.24, 2.45) is 0 Å². The average Bonchev–Trinajstić information content (AvgIpc) is 2.52. The van der Waals surface area contributed by atoms with Crippen molar-refractivity contribution >= 4 is 17.8 Å². The number of carbonyl (C=O) groups is 2. The smallest absolute Gasteiger partial charge is 0.335 e. The van der Waals surface area contributed by atoms with Crippen LogP contribution < -0.4 is 0 Å². The largest absolute Gasteiger partial charge is 0.478 e. The Morgan fingerprint density at radius 2 is 1.43 bits per heavy atom. The van der Waals surface area contributed by atoms with E-state index in [0.29, 0.717) is 5.56 Å². The molecule has 0 heterocycles. The van der Waals surface area contributed by atoms with Crippen molar-refractivity contribution in [3.05, 3.63) is 89.5 Å². The molecule has 0 fully saturated rings. The first kappa shape index (κ1) is 14.5. The maximum Gasteiger partial charge on any atom is 0.335 e. The highest BCUT2D eigenvalue weighted by Gasteiger charge is 2.04. The molecule has 2 rings (SSSR count). The Balaban J connectivity index is 1.99. The molecule has 21 heavy (non-hydrogen) atoms. The summed E-state index contributed by atoms with van der Waals surface area (Å²) < 4.78 is 0. The summed E-state index contributed by atoms with van der Waals surface area (Å²) in [5.74, 6) is -1.17. The van der Waals surface area contributed by atoms with Gasteiger partial charge in [-0.3, -0.25) is 4.79 Å². The summed E-state index contributed by atoms with van der Waals surface area (Å²) in [6.45, 7) is 0. The zero-order valence-electron chi connectivity index (χ0n) is 11.3. The van der Waals surface area contributed by atoms with Gasteiger partial charge in [-0.2, -0.15) is 0 Å². The van der Waals surface area contributed by atoms with E-state index in [2.05, 4.69) is 0 Å². The highest BCUT2D eigenvalue weighted by atomic mass is 16.4. The monoisotopic (exact) mass is 278 g/mol. The summed E-state index contributed by atoms with van der Waals surface area (Å²) in [7, 11) is 0. The lowest BCUT2D eigenvalue weighted by Gasteiger charge is -1.97. The normalized spacial score (nSPS) is 11.0. The van der Waals surface area contributed by atoms with Crippen molar-refractivity contribution in [2.45, 2.75) is 0 Å². The van der Waals surface area contributed by atoms with Crippen LogP contribution in [0.3, 0.4) is 0 Å². The third-order valence-electron chi connectivity index (χ3n) is 2.86. The van der Waals surface area contributed by atoms with E-state index in [1.54, 1.807) is 12.2 Å². The predicted molar refractivity (Wildman–Crippen MR) is 82.3 cm³/mol. The van der Waals surface area contributed by atoms with Gasteiger partial charge >= 0.3 is 5.97 Å². The van der Waals surface area contributed by atoms with Crippen LogP contribution in [0.5, 0.6) is 0 Å². The Labute approximate surface area is 122 Å². The van der Waals surface area contributed by atoms with Gasteiger partial charge in [0.2, 0.25) is 0 Å². The number of aromatic carboxylic acids is 1. The fourth-order valence-corrected chi connectivity index (χ4v) is 1.75. The number of hydrogen-bond acceptors (Lipinski definition) is 2. The maximum absolute atomic E-state index is 11.9. The third kappa shape index (κ3) is 4.28. The van der Waals surface area contributed by atoms with Gasteiger partial charge in [-0.05, 0) is 23.8 Å². The highest BCUT2D eigenvalue weighted by Crippen LogP contribution is 2.06. The first-order valence-corrected chi connectivity index (χ1v) is 6.44. The number of carbonyl (C=O) groups excluding carboxylic acids is 1. The van der Waals surface area contributed by atoms with Crippen molar-refractivity contribution in [2.75, 3.05) is 0 Å². The molecule has 2 aromatic rings. The van der Waals surface area contributed by atoms with Crippen LogP contribution in [-0.4, -0.2) is 16.9 Å². The average molecular weight is 278 g/mol. The van der Waals surface area contributed by atoms with E-state index >= 15 is 0 Å². The maximum atomic E-state index is 11.9. The van der Waals surface area contributed by atoms with Crippen LogP contribution in [0.25, 0.3) is 6.08 Å². The molecular formula is C18H14O3. The Kier molecular flexibility index (Phi) is 4.83. The summed E-state index contributed by atoms with van der Waals surface area (Å²) in [5, 5.41) is 8.79. The molecule has 0 aliphatic carbocycles. The molecule has 0 atom stereocenters. The van der Waals surface area contributed by atoms with Gasteiger partial charge in [-0.15, -0.1) is 0 Å². The zero-order chi connectivity index (χ0) is 15.1. The van der Waals surface area contributed by atoms with Crippen molar-refractivity contribution in [3.8, 4) is 0 Å². The topological polar surface area (TPSA) is 54.4 Å². The van der Waals surface area contributed by atoms with Crippen LogP contribution >= 0.6 is 0 Å². The third-order valence-corrected chi connectivity index (χ3v) is 2.86. The molecule has 1 N–H and O–H groups in total. The number of allylic oxidation sites excluding steroid dienone is 3. The Morgan fingerprint density at radius 3 is 2.05 bits per heavy atom. The van der Waals surface area contributed by atoms with E-state index in [-0.39, 0.29) is 11.3 Å². The van der Waals surface area contributed by atoms with Gasteiger partial charge in [0.05, 0.1) is 5.56 Å². The Hall–Kier alpha value is -2.94. The van der Waals surface area contributed by atoms with E-state index < -0.39 is 5.97 Å². The molecule has 0 amide bonds. The number of carboxylic acids is 1. The molecule has 3 heteroatoms. The second-order valence-corrected chi connectivity index (χ2v) is 4.38. The minimum absolute atomic E-state index is 0.162. The molecule has 0 unspecified atom stereocenters. The molecule has 0 saturated carbocycles. The summed E-state index contributed by atoms with van der Waals surface area (Å²) in [6, 6.07) is 15.6. The van der Waals surface area contributed by atoms with Crippen LogP contribution in [0.15, 0.2) is 72.8 Å². The van der Waals surface area contributed by atoms with Crippen molar-refractivity contribution < 1.29 is 14.7 Å². The van der Waals surface area contributed by atoms with Gasteiger partial charge < -0.3 is 5.11 Å². The lowest BCUT2D eigenvalue weighted by molar-refractivity contribution is 0.0696. The second kappa shape index (κ2) is 7.01.